The molecular formula is C18H20N2. The van der Waals surface area contributed by atoms with Gasteiger partial charge in [0.1, 0.15) is 0 Å². The first-order valence-electron chi connectivity index (χ1n) is 7.15. The van der Waals surface area contributed by atoms with E-state index in [9.17, 15) is 0 Å². The van der Waals surface area contributed by atoms with Gasteiger partial charge in [0.2, 0.25) is 0 Å². The highest BCUT2D eigenvalue weighted by molar-refractivity contribution is 5.83. The summed E-state index contributed by atoms with van der Waals surface area (Å²) in [5.41, 5.74) is 4.01. The predicted octanol–water partition coefficient (Wildman–Crippen LogP) is 3.91. The van der Waals surface area contributed by atoms with Crippen LogP contribution >= 0.6 is 0 Å². The highest BCUT2D eigenvalue weighted by Gasteiger charge is 2.16. The molecule has 2 nitrogen and oxygen atoms in total. The number of hydrogen-bond donors (Lipinski definition) is 2. The average Bonchev–Trinajstić information content (AvgIpc) is 2.98. The zero-order chi connectivity index (χ0) is 13.8. The number of nitrogens with one attached hydrogen (secondary N) is 2. The largest absolute Gasteiger partial charge is 0.361 e. The maximum Gasteiger partial charge on any atom is 0.0456 e. The maximum atomic E-state index is 3.31. The summed E-state index contributed by atoms with van der Waals surface area (Å²) >= 11 is 0. The Morgan fingerprint density at radius 3 is 2.65 bits per heavy atom. The van der Waals surface area contributed by atoms with Crippen molar-refractivity contribution in [2.45, 2.75) is 12.3 Å². The Bertz CT molecular complexity index is 670. The van der Waals surface area contributed by atoms with Crippen molar-refractivity contribution in [2.24, 2.45) is 0 Å². The lowest BCUT2D eigenvalue weighted by molar-refractivity contribution is 0.664. The monoisotopic (exact) mass is 264 g/mol. The van der Waals surface area contributed by atoms with Crippen molar-refractivity contribution in [3.63, 3.8) is 0 Å². The fourth-order valence-electron chi connectivity index (χ4n) is 2.89. The number of benzene rings is 2. The van der Waals surface area contributed by atoms with Gasteiger partial charge in [0.05, 0.1) is 0 Å². The summed E-state index contributed by atoms with van der Waals surface area (Å²) in [6.45, 7) is 1.01. The summed E-state index contributed by atoms with van der Waals surface area (Å²) < 4.78 is 0. The van der Waals surface area contributed by atoms with Gasteiger partial charge >= 0.3 is 0 Å². The van der Waals surface area contributed by atoms with Gasteiger partial charge in [-0.3, -0.25) is 0 Å². The molecule has 0 aliphatic heterocycles. The van der Waals surface area contributed by atoms with Gasteiger partial charge in [-0.05, 0) is 43.3 Å². The minimum atomic E-state index is 0.433. The summed E-state index contributed by atoms with van der Waals surface area (Å²) in [7, 11) is 2.01. The number of aromatic amines is 1. The number of fused-ring (bicyclic) bond motifs is 1. The molecule has 20 heavy (non-hydrogen) atoms. The molecule has 1 aromatic heterocycles. The molecule has 2 aromatic carbocycles. The van der Waals surface area contributed by atoms with E-state index in [0.29, 0.717) is 5.92 Å². The Morgan fingerprint density at radius 2 is 1.85 bits per heavy atom. The fourth-order valence-corrected chi connectivity index (χ4v) is 2.89. The van der Waals surface area contributed by atoms with Crippen LogP contribution in [0.4, 0.5) is 0 Å². The second-order valence-corrected chi connectivity index (χ2v) is 5.14. The summed E-state index contributed by atoms with van der Waals surface area (Å²) in [4.78, 5) is 3.31. The van der Waals surface area contributed by atoms with E-state index in [2.05, 4.69) is 64.9 Å². The number of hydrogen-bond acceptors (Lipinski definition) is 1. The topological polar surface area (TPSA) is 27.8 Å². The van der Waals surface area contributed by atoms with Crippen LogP contribution < -0.4 is 5.32 Å². The van der Waals surface area contributed by atoms with Crippen LogP contribution in [-0.4, -0.2) is 18.6 Å². The molecule has 0 amide bonds. The molecule has 0 saturated carbocycles. The van der Waals surface area contributed by atoms with Gasteiger partial charge in [-0.1, -0.05) is 42.5 Å². The number of aromatic nitrogens is 1. The van der Waals surface area contributed by atoms with E-state index in [4.69, 9.17) is 0 Å². The predicted molar refractivity (Wildman–Crippen MR) is 85.1 cm³/mol. The molecule has 3 rings (SSSR count). The minimum Gasteiger partial charge on any atom is -0.361 e. The van der Waals surface area contributed by atoms with Crippen LogP contribution in [0.25, 0.3) is 10.9 Å². The lowest BCUT2D eigenvalue weighted by Crippen LogP contribution is -2.13. The zero-order valence-electron chi connectivity index (χ0n) is 11.8. The van der Waals surface area contributed by atoms with Gasteiger partial charge in [0.25, 0.3) is 0 Å². The summed E-state index contributed by atoms with van der Waals surface area (Å²) in [6.07, 6.45) is 3.12. The third kappa shape index (κ3) is 2.47. The van der Waals surface area contributed by atoms with Gasteiger partial charge in [0, 0.05) is 23.0 Å². The van der Waals surface area contributed by atoms with E-state index in [0.717, 1.165) is 13.0 Å². The van der Waals surface area contributed by atoms with Crippen molar-refractivity contribution in [2.75, 3.05) is 13.6 Å². The smallest absolute Gasteiger partial charge is 0.0456 e. The first kappa shape index (κ1) is 12.9. The molecule has 3 aromatic rings. The third-order valence-electron chi connectivity index (χ3n) is 3.89. The van der Waals surface area contributed by atoms with Crippen LogP contribution in [0.15, 0.2) is 60.8 Å². The molecule has 0 unspecified atom stereocenters. The Hall–Kier alpha value is -2.06. The Labute approximate surface area is 119 Å². The van der Waals surface area contributed by atoms with Crippen LogP contribution in [-0.2, 0) is 0 Å². The molecular weight excluding hydrogens is 244 g/mol. The van der Waals surface area contributed by atoms with Crippen LogP contribution in [0.3, 0.4) is 0 Å². The van der Waals surface area contributed by atoms with Crippen LogP contribution in [0, 0.1) is 0 Å². The molecule has 0 saturated heterocycles. The SMILES string of the molecule is CNCC[C@@H](c1ccccc1)c1cccc2[nH]ccc12. The average molecular weight is 264 g/mol. The standard InChI is InChI=1S/C18H20N2/c1-19-12-10-15(14-6-3-2-4-7-14)16-8-5-9-18-17(16)11-13-20-18/h2-9,11,13,15,19-20H,10,12H2,1H3/t15-/m0/s1. The van der Waals surface area contributed by atoms with Crippen molar-refractivity contribution in [1.29, 1.82) is 0 Å². The molecule has 102 valence electrons. The Balaban J connectivity index is 2.07. The molecule has 0 aliphatic carbocycles. The Kier molecular flexibility index (Phi) is 3.84. The van der Waals surface area contributed by atoms with E-state index < -0.39 is 0 Å². The van der Waals surface area contributed by atoms with Crippen molar-refractivity contribution < 1.29 is 0 Å². The van der Waals surface area contributed by atoms with E-state index in [1.54, 1.807) is 0 Å². The molecule has 2 heteroatoms. The molecule has 2 N–H and O–H groups in total. The second kappa shape index (κ2) is 5.93. The molecule has 0 fully saturated rings. The van der Waals surface area contributed by atoms with E-state index in [-0.39, 0.29) is 0 Å². The first-order chi connectivity index (χ1) is 9.90. The lowest BCUT2D eigenvalue weighted by atomic mass is 9.87. The molecule has 0 bridgehead atoms. The highest BCUT2D eigenvalue weighted by Crippen LogP contribution is 2.32. The van der Waals surface area contributed by atoms with Crippen LogP contribution in [0.1, 0.15) is 23.5 Å². The van der Waals surface area contributed by atoms with Crippen molar-refractivity contribution in [3.8, 4) is 0 Å². The normalized spacial score (nSPS) is 12.7. The van der Waals surface area contributed by atoms with Gasteiger partial charge in [-0.2, -0.15) is 0 Å². The minimum absolute atomic E-state index is 0.433. The van der Waals surface area contributed by atoms with E-state index in [1.165, 1.54) is 22.0 Å². The maximum absolute atomic E-state index is 3.31. The van der Waals surface area contributed by atoms with Crippen LogP contribution in [0.5, 0.6) is 0 Å². The van der Waals surface area contributed by atoms with Gasteiger partial charge in [0.15, 0.2) is 0 Å². The van der Waals surface area contributed by atoms with E-state index in [1.807, 2.05) is 13.2 Å². The highest BCUT2D eigenvalue weighted by atomic mass is 14.8. The van der Waals surface area contributed by atoms with Gasteiger partial charge in [-0.15, -0.1) is 0 Å². The van der Waals surface area contributed by atoms with Crippen molar-refractivity contribution >= 4 is 10.9 Å². The summed E-state index contributed by atoms with van der Waals surface area (Å²) in [5.74, 6) is 0.433. The molecule has 0 radical (unpaired) electrons. The number of H-pyrrole nitrogens is 1. The van der Waals surface area contributed by atoms with Gasteiger partial charge in [-0.25, -0.2) is 0 Å². The number of rotatable bonds is 5. The molecule has 0 aliphatic rings. The summed E-state index contributed by atoms with van der Waals surface area (Å²) in [5, 5.41) is 4.60. The molecule has 1 atom stereocenters. The van der Waals surface area contributed by atoms with E-state index >= 15 is 0 Å². The zero-order valence-corrected chi connectivity index (χ0v) is 11.8. The summed E-state index contributed by atoms with van der Waals surface area (Å²) in [6, 6.07) is 19.5. The van der Waals surface area contributed by atoms with Crippen molar-refractivity contribution in [3.05, 3.63) is 71.9 Å². The van der Waals surface area contributed by atoms with Gasteiger partial charge < -0.3 is 10.3 Å². The molecule has 1 heterocycles. The lowest BCUT2D eigenvalue weighted by Gasteiger charge is -2.19. The quantitative estimate of drug-likeness (QED) is 0.718. The fraction of sp³-hybridized carbons (Fsp3) is 0.222. The third-order valence-corrected chi connectivity index (χ3v) is 3.89. The van der Waals surface area contributed by atoms with Crippen LogP contribution in [0.2, 0.25) is 0 Å². The molecule has 0 spiro atoms. The second-order valence-electron chi connectivity index (χ2n) is 5.14. The Morgan fingerprint density at radius 1 is 1.00 bits per heavy atom. The van der Waals surface area contributed by atoms with Crippen molar-refractivity contribution in [1.82, 2.24) is 10.3 Å². The first-order valence-corrected chi connectivity index (χ1v) is 7.15.